The molecular formula is C16H21ClN4O. The van der Waals surface area contributed by atoms with Gasteiger partial charge in [0.2, 0.25) is 0 Å². The molecule has 1 aromatic heterocycles. The van der Waals surface area contributed by atoms with Crippen LogP contribution in [0.2, 0.25) is 0 Å². The van der Waals surface area contributed by atoms with Crippen molar-refractivity contribution in [3.63, 3.8) is 0 Å². The zero-order valence-corrected chi connectivity index (χ0v) is 13.1. The predicted molar refractivity (Wildman–Crippen MR) is 88.5 cm³/mol. The van der Waals surface area contributed by atoms with E-state index in [1.807, 2.05) is 30.3 Å². The zero-order valence-electron chi connectivity index (χ0n) is 12.3. The maximum atomic E-state index is 12.3. The van der Waals surface area contributed by atoms with Crippen molar-refractivity contribution >= 4 is 18.3 Å². The largest absolute Gasteiger partial charge is 0.349 e. The molecule has 1 aliphatic carbocycles. The Bertz CT molecular complexity index is 614. The number of rotatable bonds is 4. The first-order valence-electron chi connectivity index (χ1n) is 7.39. The number of nitrogens with two attached hydrogens (primary N) is 1. The van der Waals surface area contributed by atoms with Gasteiger partial charge in [-0.05, 0) is 37.4 Å². The quantitative estimate of drug-likeness (QED) is 0.906. The first-order valence-corrected chi connectivity index (χ1v) is 7.39. The molecule has 1 aromatic carbocycles. The van der Waals surface area contributed by atoms with Gasteiger partial charge in [0.15, 0.2) is 0 Å². The Hall–Kier alpha value is -1.85. The third-order valence-corrected chi connectivity index (χ3v) is 4.14. The van der Waals surface area contributed by atoms with E-state index in [0.29, 0.717) is 18.0 Å². The van der Waals surface area contributed by atoms with Crippen LogP contribution in [0.1, 0.15) is 29.6 Å². The molecule has 22 heavy (non-hydrogen) atoms. The molecule has 1 aliphatic rings. The Morgan fingerprint density at radius 3 is 2.82 bits per heavy atom. The number of hydrogen-bond donors (Lipinski definition) is 2. The number of nitrogens with zero attached hydrogens (tertiary/aromatic N) is 2. The van der Waals surface area contributed by atoms with Crippen LogP contribution in [-0.2, 0) is 0 Å². The summed E-state index contributed by atoms with van der Waals surface area (Å²) in [5.41, 5.74) is 7.28. The van der Waals surface area contributed by atoms with Crippen molar-refractivity contribution in [2.75, 3.05) is 6.54 Å². The topological polar surface area (TPSA) is 72.9 Å². The van der Waals surface area contributed by atoms with Crippen LogP contribution in [0.4, 0.5) is 0 Å². The highest BCUT2D eigenvalue weighted by Crippen LogP contribution is 2.24. The van der Waals surface area contributed by atoms with Gasteiger partial charge in [0.05, 0.1) is 17.4 Å². The van der Waals surface area contributed by atoms with Gasteiger partial charge in [-0.1, -0.05) is 24.6 Å². The van der Waals surface area contributed by atoms with Gasteiger partial charge in [-0.15, -0.1) is 12.4 Å². The second kappa shape index (κ2) is 7.42. The number of aromatic nitrogens is 2. The Morgan fingerprint density at radius 1 is 1.32 bits per heavy atom. The van der Waals surface area contributed by atoms with Crippen molar-refractivity contribution in [1.29, 1.82) is 0 Å². The Morgan fingerprint density at radius 2 is 2.09 bits per heavy atom. The number of benzene rings is 1. The van der Waals surface area contributed by atoms with Crippen molar-refractivity contribution in [1.82, 2.24) is 15.1 Å². The van der Waals surface area contributed by atoms with E-state index < -0.39 is 0 Å². The maximum absolute atomic E-state index is 12.3. The van der Waals surface area contributed by atoms with Crippen LogP contribution >= 0.6 is 12.4 Å². The Labute approximate surface area is 136 Å². The summed E-state index contributed by atoms with van der Waals surface area (Å²) < 4.78 is 1.71. The Kier molecular flexibility index (Phi) is 5.57. The molecule has 3 rings (SSSR count). The minimum atomic E-state index is -0.0671. The summed E-state index contributed by atoms with van der Waals surface area (Å²) in [6, 6.07) is 9.95. The van der Waals surface area contributed by atoms with Gasteiger partial charge in [0.25, 0.3) is 5.91 Å². The van der Waals surface area contributed by atoms with E-state index in [4.69, 9.17) is 5.73 Å². The number of amides is 1. The summed E-state index contributed by atoms with van der Waals surface area (Å²) in [5.74, 6) is 0.334. The number of halogens is 1. The summed E-state index contributed by atoms with van der Waals surface area (Å²) in [6.07, 6.45) is 6.62. The molecule has 0 spiro atoms. The molecule has 118 valence electrons. The molecule has 0 radical (unpaired) electrons. The maximum Gasteiger partial charge on any atom is 0.254 e. The fourth-order valence-electron chi connectivity index (χ4n) is 2.92. The third-order valence-electron chi connectivity index (χ3n) is 4.14. The number of nitrogens with one attached hydrogen (secondary N) is 1. The van der Waals surface area contributed by atoms with Crippen LogP contribution in [0.15, 0.2) is 42.7 Å². The average Bonchev–Trinajstić information content (AvgIpc) is 3.17. The van der Waals surface area contributed by atoms with Gasteiger partial charge in [-0.25, -0.2) is 4.68 Å². The fourth-order valence-corrected chi connectivity index (χ4v) is 2.92. The van der Waals surface area contributed by atoms with Crippen LogP contribution in [0.3, 0.4) is 0 Å². The van der Waals surface area contributed by atoms with Crippen molar-refractivity contribution in [3.8, 4) is 5.69 Å². The van der Waals surface area contributed by atoms with E-state index in [1.165, 1.54) is 0 Å². The number of para-hydroxylation sites is 1. The number of carbonyl (C=O) groups is 1. The molecule has 1 saturated carbocycles. The fraction of sp³-hybridized carbons (Fsp3) is 0.375. The summed E-state index contributed by atoms with van der Waals surface area (Å²) in [4.78, 5) is 12.3. The van der Waals surface area contributed by atoms with Crippen molar-refractivity contribution in [3.05, 3.63) is 48.3 Å². The van der Waals surface area contributed by atoms with E-state index in [2.05, 4.69) is 10.4 Å². The van der Waals surface area contributed by atoms with Gasteiger partial charge >= 0.3 is 0 Å². The lowest BCUT2D eigenvalue weighted by Gasteiger charge is -2.18. The van der Waals surface area contributed by atoms with Crippen molar-refractivity contribution < 1.29 is 4.79 Å². The van der Waals surface area contributed by atoms with Crippen LogP contribution < -0.4 is 11.1 Å². The molecule has 6 heteroatoms. The first-order chi connectivity index (χ1) is 10.3. The minimum Gasteiger partial charge on any atom is -0.349 e. The third kappa shape index (κ3) is 3.48. The van der Waals surface area contributed by atoms with Crippen molar-refractivity contribution in [2.45, 2.75) is 25.3 Å². The lowest BCUT2D eigenvalue weighted by Crippen LogP contribution is -2.39. The van der Waals surface area contributed by atoms with Crippen LogP contribution in [-0.4, -0.2) is 28.3 Å². The highest BCUT2D eigenvalue weighted by atomic mass is 35.5. The van der Waals surface area contributed by atoms with E-state index >= 15 is 0 Å². The van der Waals surface area contributed by atoms with Gasteiger partial charge in [0, 0.05) is 12.2 Å². The molecule has 2 unspecified atom stereocenters. The normalized spacial score (nSPS) is 20.4. The number of carbonyl (C=O) groups excluding carboxylic acids is 1. The lowest BCUT2D eigenvalue weighted by atomic mass is 10.0. The Balaban J connectivity index is 0.00000176. The first kappa shape index (κ1) is 16.5. The van der Waals surface area contributed by atoms with E-state index in [1.54, 1.807) is 17.1 Å². The summed E-state index contributed by atoms with van der Waals surface area (Å²) in [6.45, 7) is 0.633. The summed E-state index contributed by atoms with van der Waals surface area (Å²) in [7, 11) is 0. The molecule has 1 amide bonds. The SMILES string of the molecule is Cl.NCC1CCCC1NC(=O)c1cnn(-c2ccccc2)c1. The summed E-state index contributed by atoms with van der Waals surface area (Å²) in [5, 5.41) is 7.34. The molecule has 1 fully saturated rings. The van der Waals surface area contributed by atoms with Gasteiger partial charge in [0.1, 0.15) is 0 Å². The highest BCUT2D eigenvalue weighted by molar-refractivity contribution is 5.94. The smallest absolute Gasteiger partial charge is 0.254 e. The second-order valence-electron chi connectivity index (χ2n) is 5.52. The lowest BCUT2D eigenvalue weighted by molar-refractivity contribution is 0.0929. The molecule has 3 N–H and O–H groups in total. The van der Waals surface area contributed by atoms with Crippen molar-refractivity contribution in [2.24, 2.45) is 11.7 Å². The molecule has 2 aromatic rings. The zero-order chi connectivity index (χ0) is 14.7. The monoisotopic (exact) mass is 320 g/mol. The van der Waals surface area contributed by atoms with E-state index in [-0.39, 0.29) is 24.4 Å². The van der Waals surface area contributed by atoms with Crippen LogP contribution in [0, 0.1) is 5.92 Å². The van der Waals surface area contributed by atoms with E-state index in [0.717, 1.165) is 24.9 Å². The predicted octanol–water partition coefficient (Wildman–Crippen LogP) is 2.15. The molecule has 1 heterocycles. The molecule has 5 nitrogen and oxygen atoms in total. The second-order valence-corrected chi connectivity index (χ2v) is 5.52. The molecule has 0 bridgehead atoms. The number of hydrogen-bond acceptors (Lipinski definition) is 3. The molecule has 0 aliphatic heterocycles. The van der Waals surface area contributed by atoms with Gasteiger partial charge < -0.3 is 11.1 Å². The minimum absolute atomic E-state index is 0. The van der Waals surface area contributed by atoms with Crippen LogP contribution in [0.5, 0.6) is 0 Å². The average molecular weight is 321 g/mol. The van der Waals surface area contributed by atoms with E-state index in [9.17, 15) is 4.79 Å². The molecular weight excluding hydrogens is 300 g/mol. The van der Waals surface area contributed by atoms with Gasteiger partial charge in [-0.3, -0.25) is 4.79 Å². The standard InChI is InChI=1S/C16H20N4O.ClH/c17-9-12-5-4-8-15(12)19-16(21)13-10-18-20(11-13)14-6-2-1-3-7-14;/h1-3,6-7,10-12,15H,4-5,8-9,17H2,(H,19,21);1H. The highest BCUT2D eigenvalue weighted by Gasteiger charge is 2.27. The van der Waals surface area contributed by atoms with Gasteiger partial charge in [-0.2, -0.15) is 5.10 Å². The molecule has 2 atom stereocenters. The summed E-state index contributed by atoms with van der Waals surface area (Å²) >= 11 is 0. The molecule has 0 saturated heterocycles. The van der Waals surface area contributed by atoms with Crippen LogP contribution in [0.25, 0.3) is 5.69 Å².